The van der Waals surface area contributed by atoms with Crippen LogP contribution in [0.4, 0.5) is 0 Å². The van der Waals surface area contributed by atoms with E-state index in [1.807, 2.05) is 18.2 Å². The van der Waals surface area contributed by atoms with Crippen molar-refractivity contribution in [2.24, 2.45) is 0 Å². The Bertz CT molecular complexity index is 466. The second kappa shape index (κ2) is 3.98. The van der Waals surface area contributed by atoms with Crippen LogP contribution in [0.5, 0.6) is 0 Å². The number of halogens is 1. The third kappa shape index (κ3) is 1.85. The van der Waals surface area contributed by atoms with E-state index in [0.29, 0.717) is 11.1 Å². The average Bonchev–Trinajstić information content (AvgIpc) is 2.52. The molecule has 4 heteroatoms. The number of nitrogens with one attached hydrogen (secondary N) is 1. The van der Waals surface area contributed by atoms with Crippen molar-refractivity contribution in [3.05, 3.63) is 41.0 Å². The molecule has 2 rings (SSSR count). The number of hydrogen-bond donors (Lipinski definition) is 1. The molecule has 1 aliphatic heterocycles. The number of rotatable bonds is 2. The predicted octanol–water partition coefficient (Wildman–Crippen LogP) is 1.98. The molecule has 1 N–H and O–H groups in total. The van der Waals surface area contributed by atoms with E-state index >= 15 is 0 Å². The third-order valence-corrected chi connectivity index (χ3v) is 2.53. The number of amides is 2. The molecule has 0 saturated carbocycles. The van der Waals surface area contributed by atoms with E-state index in [-0.39, 0.29) is 11.8 Å². The van der Waals surface area contributed by atoms with Gasteiger partial charge in [-0.15, -0.1) is 0 Å². The Labute approximate surface area is 95.3 Å². The topological polar surface area (TPSA) is 46.2 Å². The van der Waals surface area contributed by atoms with Gasteiger partial charge in [0.25, 0.3) is 11.8 Å². The summed E-state index contributed by atoms with van der Waals surface area (Å²) in [4.78, 5) is 22.6. The van der Waals surface area contributed by atoms with Crippen LogP contribution in [0.3, 0.4) is 0 Å². The van der Waals surface area contributed by atoms with Crippen LogP contribution in [-0.2, 0) is 0 Å². The molecule has 0 spiro atoms. The van der Waals surface area contributed by atoms with E-state index in [9.17, 15) is 9.59 Å². The van der Waals surface area contributed by atoms with E-state index in [0.717, 1.165) is 10.9 Å². The molecular weight excluding hydrogens is 258 g/mol. The summed E-state index contributed by atoms with van der Waals surface area (Å²) in [5.41, 5.74) is 1.82. The van der Waals surface area contributed by atoms with Crippen LogP contribution in [0.1, 0.15) is 26.3 Å². The van der Waals surface area contributed by atoms with E-state index in [1.165, 1.54) is 0 Å². The SMILES string of the molecule is O=C1NC(=O)c2cc(C=CCBr)ccc21. The molecule has 0 saturated heterocycles. The lowest BCUT2D eigenvalue weighted by atomic mass is 10.1. The Hall–Kier alpha value is -1.42. The van der Waals surface area contributed by atoms with Gasteiger partial charge in [0.15, 0.2) is 0 Å². The van der Waals surface area contributed by atoms with Crippen molar-refractivity contribution in [2.75, 3.05) is 5.33 Å². The van der Waals surface area contributed by atoms with Crippen molar-refractivity contribution >= 4 is 33.8 Å². The molecule has 0 bridgehead atoms. The molecule has 2 amide bonds. The van der Waals surface area contributed by atoms with Crippen LogP contribution in [-0.4, -0.2) is 17.1 Å². The molecule has 0 unspecified atom stereocenters. The molecule has 1 aromatic carbocycles. The Kier molecular flexibility index (Phi) is 2.68. The molecule has 0 atom stereocenters. The van der Waals surface area contributed by atoms with Gasteiger partial charge in [-0.3, -0.25) is 14.9 Å². The second-order valence-electron chi connectivity index (χ2n) is 3.14. The minimum atomic E-state index is -0.316. The maximum atomic E-state index is 11.3. The zero-order valence-electron chi connectivity index (χ0n) is 7.79. The van der Waals surface area contributed by atoms with Crippen LogP contribution in [0.2, 0.25) is 0 Å². The minimum Gasteiger partial charge on any atom is -0.288 e. The van der Waals surface area contributed by atoms with Gasteiger partial charge in [0, 0.05) is 5.33 Å². The van der Waals surface area contributed by atoms with Gasteiger partial charge in [0.1, 0.15) is 0 Å². The largest absolute Gasteiger partial charge is 0.288 e. The highest BCUT2D eigenvalue weighted by molar-refractivity contribution is 9.09. The monoisotopic (exact) mass is 265 g/mol. The highest BCUT2D eigenvalue weighted by Crippen LogP contribution is 2.18. The molecule has 15 heavy (non-hydrogen) atoms. The van der Waals surface area contributed by atoms with Gasteiger partial charge in [0.2, 0.25) is 0 Å². The number of fused-ring (bicyclic) bond motifs is 1. The van der Waals surface area contributed by atoms with E-state index in [1.54, 1.807) is 12.1 Å². The van der Waals surface area contributed by atoms with Crippen molar-refractivity contribution in [2.45, 2.75) is 0 Å². The first-order chi connectivity index (χ1) is 7.22. The maximum absolute atomic E-state index is 11.3. The molecule has 0 aliphatic carbocycles. The number of imide groups is 1. The molecule has 1 aliphatic rings. The molecular formula is C11H8BrNO2. The van der Waals surface area contributed by atoms with Crippen LogP contribution in [0.15, 0.2) is 24.3 Å². The average molecular weight is 266 g/mol. The standard InChI is InChI=1S/C11H8BrNO2/c12-5-1-2-7-3-4-8-9(6-7)11(15)13-10(8)14/h1-4,6H,5H2,(H,13,14,15). The second-order valence-corrected chi connectivity index (χ2v) is 3.79. The number of carbonyl (C=O) groups excluding carboxylic acids is 2. The molecule has 3 nitrogen and oxygen atoms in total. The van der Waals surface area contributed by atoms with Crippen molar-refractivity contribution in [3.8, 4) is 0 Å². The van der Waals surface area contributed by atoms with Crippen molar-refractivity contribution < 1.29 is 9.59 Å². The lowest BCUT2D eigenvalue weighted by Crippen LogP contribution is -2.19. The number of benzene rings is 1. The molecule has 0 fully saturated rings. The summed E-state index contributed by atoms with van der Waals surface area (Å²) in [7, 11) is 0. The summed E-state index contributed by atoms with van der Waals surface area (Å²) in [6, 6.07) is 5.20. The predicted molar refractivity (Wildman–Crippen MR) is 61.1 cm³/mol. The number of hydrogen-bond acceptors (Lipinski definition) is 2. The lowest BCUT2D eigenvalue weighted by molar-refractivity contribution is 0.0879. The lowest BCUT2D eigenvalue weighted by Gasteiger charge is -1.96. The zero-order chi connectivity index (χ0) is 10.8. The van der Waals surface area contributed by atoms with Gasteiger partial charge in [-0.25, -0.2) is 0 Å². The summed E-state index contributed by atoms with van der Waals surface area (Å²) < 4.78 is 0. The first-order valence-corrected chi connectivity index (χ1v) is 5.57. The normalized spacial score (nSPS) is 14.5. The smallest absolute Gasteiger partial charge is 0.258 e. The zero-order valence-corrected chi connectivity index (χ0v) is 9.37. The summed E-state index contributed by atoms with van der Waals surface area (Å²) in [5, 5.41) is 3.01. The quantitative estimate of drug-likeness (QED) is 0.657. The number of alkyl halides is 1. The van der Waals surface area contributed by atoms with Crippen molar-refractivity contribution in [1.82, 2.24) is 5.32 Å². The Morgan fingerprint density at radius 1 is 1.20 bits per heavy atom. The molecule has 0 radical (unpaired) electrons. The van der Waals surface area contributed by atoms with Crippen molar-refractivity contribution in [1.29, 1.82) is 0 Å². The van der Waals surface area contributed by atoms with Crippen LogP contribution in [0, 0.1) is 0 Å². The van der Waals surface area contributed by atoms with Crippen LogP contribution in [0.25, 0.3) is 6.08 Å². The maximum Gasteiger partial charge on any atom is 0.258 e. The van der Waals surface area contributed by atoms with Gasteiger partial charge >= 0.3 is 0 Å². The summed E-state index contributed by atoms with van der Waals surface area (Å²) in [6.45, 7) is 0. The van der Waals surface area contributed by atoms with Crippen LogP contribution >= 0.6 is 15.9 Å². The van der Waals surface area contributed by atoms with Gasteiger partial charge in [-0.05, 0) is 17.7 Å². The van der Waals surface area contributed by atoms with Gasteiger partial charge < -0.3 is 0 Å². The Morgan fingerprint density at radius 3 is 2.67 bits per heavy atom. The van der Waals surface area contributed by atoms with Crippen molar-refractivity contribution in [3.63, 3.8) is 0 Å². The summed E-state index contributed by atoms with van der Waals surface area (Å²) in [6.07, 6.45) is 3.82. The first kappa shape index (κ1) is 10.1. The highest BCUT2D eigenvalue weighted by Gasteiger charge is 2.26. The number of carbonyl (C=O) groups is 2. The van der Waals surface area contributed by atoms with E-state index in [2.05, 4.69) is 21.2 Å². The molecule has 76 valence electrons. The fourth-order valence-corrected chi connectivity index (χ4v) is 1.66. The molecule has 1 aromatic rings. The third-order valence-electron chi connectivity index (χ3n) is 2.16. The Balaban J connectivity index is 2.43. The van der Waals surface area contributed by atoms with Gasteiger partial charge in [0.05, 0.1) is 11.1 Å². The van der Waals surface area contributed by atoms with E-state index < -0.39 is 0 Å². The number of allylic oxidation sites excluding steroid dienone is 1. The van der Waals surface area contributed by atoms with Gasteiger partial charge in [-0.2, -0.15) is 0 Å². The van der Waals surface area contributed by atoms with E-state index in [4.69, 9.17) is 0 Å². The Morgan fingerprint density at radius 2 is 1.93 bits per heavy atom. The highest BCUT2D eigenvalue weighted by atomic mass is 79.9. The van der Waals surface area contributed by atoms with Gasteiger partial charge in [-0.1, -0.05) is 34.1 Å². The first-order valence-electron chi connectivity index (χ1n) is 4.44. The summed E-state index contributed by atoms with van der Waals surface area (Å²) in [5.74, 6) is -0.630. The van der Waals surface area contributed by atoms with Crippen LogP contribution < -0.4 is 5.32 Å². The fraction of sp³-hybridized carbons (Fsp3) is 0.0909. The fourth-order valence-electron chi connectivity index (χ4n) is 1.47. The summed E-state index contributed by atoms with van der Waals surface area (Å²) >= 11 is 3.27. The minimum absolute atomic E-state index is 0.314. The molecule has 0 aromatic heterocycles. The molecule has 1 heterocycles.